The van der Waals surface area contributed by atoms with E-state index in [4.69, 9.17) is 5.73 Å². The van der Waals surface area contributed by atoms with Gasteiger partial charge in [0.05, 0.1) is 12.3 Å². The van der Waals surface area contributed by atoms with Crippen LogP contribution in [0.15, 0.2) is 22.9 Å². The highest BCUT2D eigenvalue weighted by molar-refractivity contribution is 9.10. The molecule has 0 unspecified atom stereocenters. The van der Waals surface area contributed by atoms with Crippen LogP contribution >= 0.6 is 15.9 Å². The molecule has 0 atom stereocenters. The van der Waals surface area contributed by atoms with Crippen LogP contribution in [0.1, 0.15) is 6.92 Å². The largest absolute Gasteiger partial charge is 0.468 e. The minimum atomic E-state index is 0.431. The van der Waals surface area contributed by atoms with Gasteiger partial charge in [-0.15, -0.1) is 0 Å². The Kier molecular flexibility index (Phi) is 6.91. The number of hydrogen-bond acceptors (Lipinski definition) is 4. The average molecular weight is 247 g/mol. The van der Waals surface area contributed by atoms with E-state index in [1.54, 1.807) is 25.4 Å². The maximum atomic E-state index is 9.18. The number of hydrogen-bond donors (Lipinski definition) is 1. The molecule has 0 saturated carbocycles. The highest BCUT2D eigenvalue weighted by Crippen LogP contribution is 2.09. The summed E-state index contributed by atoms with van der Waals surface area (Å²) in [6.07, 6.45) is 3.29. The Hall–Kier alpha value is -1.10. The van der Waals surface area contributed by atoms with Crippen LogP contribution in [0.5, 0.6) is 0 Å². The molecule has 2 N–H and O–H groups in total. The van der Waals surface area contributed by atoms with Crippen molar-refractivity contribution in [1.82, 2.24) is 4.98 Å². The van der Waals surface area contributed by atoms with Crippen LogP contribution in [0.2, 0.25) is 0 Å². The SMILES string of the molecule is CCOC=O.Nc1cncc(Br)c1. The fourth-order valence-electron chi connectivity index (χ4n) is 0.496. The lowest BCUT2D eigenvalue weighted by Gasteiger charge is -1.88. The Morgan fingerprint density at radius 1 is 1.69 bits per heavy atom. The lowest BCUT2D eigenvalue weighted by atomic mass is 10.4. The van der Waals surface area contributed by atoms with Crippen molar-refractivity contribution in [2.45, 2.75) is 6.92 Å². The molecule has 1 aromatic rings. The van der Waals surface area contributed by atoms with Gasteiger partial charge in [-0.25, -0.2) is 0 Å². The number of carbonyl (C=O) groups excluding carboxylic acids is 1. The molecule has 0 bridgehead atoms. The van der Waals surface area contributed by atoms with E-state index >= 15 is 0 Å². The Labute approximate surface area is 85.2 Å². The van der Waals surface area contributed by atoms with E-state index in [1.807, 2.05) is 0 Å². The topological polar surface area (TPSA) is 65.2 Å². The number of nitrogen functional groups attached to an aromatic ring is 1. The first kappa shape index (κ1) is 11.9. The zero-order valence-electron chi connectivity index (χ0n) is 7.24. The van der Waals surface area contributed by atoms with Gasteiger partial charge in [0.2, 0.25) is 0 Å². The number of ether oxygens (including phenoxy) is 1. The van der Waals surface area contributed by atoms with Crippen LogP contribution in [-0.4, -0.2) is 18.1 Å². The first-order valence-electron chi connectivity index (χ1n) is 3.62. The highest BCUT2D eigenvalue weighted by Gasteiger charge is 1.84. The van der Waals surface area contributed by atoms with Crippen molar-refractivity contribution >= 4 is 28.1 Å². The van der Waals surface area contributed by atoms with Crippen molar-refractivity contribution in [3.63, 3.8) is 0 Å². The summed E-state index contributed by atoms with van der Waals surface area (Å²) in [7, 11) is 0. The average Bonchev–Trinajstić information content (AvgIpc) is 2.06. The molecule has 0 aromatic carbocycles. The molecule has 0 aliphatic heterocycles. The van der Waals surface area contributed by atoms with E-state index in [0.29, 0.717) is 18.8 Å². The molecule has 1 rings (SSSR count). The standard InChI is InChI=1S/C5H5BrN2.C3H6O2/c6-4-1-5(7)3-8-2-4;1-2-5-3-4/h1-3H,7H2;3H,2H2,1H3. The molecule has 0 spiro atoms. The lowest BCUT2D eigenvalue weighted by Crippen LogP contribution is -1.83. The predicted molar refractivity (Wildman–Crippen MR) is 54.0 cm³/mol. The van der Waals surface area contributed by atoms with Crippen LogP contribution < -0.4 is 5.73 Å². The summed E-state index contributed by atoms with van der Waals surface area (Å²) in [6.45, 7) is 2.66. The van der Waals surface area contributed by atoms with Gasteiger partial charge in [-0.05, 0) is 28.9 Å². The first-order valence-corrected chi connectivity index (χ1v) is 4.41. The zero-order chi connectivity index (χ0) is 10.1. The molecule has 1 heterocycles. The van der Waals surface area contributed by atoms with Crippen LogP contribution in [0.4, 0.5) is 5.69 Å². The fraction of sp³-hybridized carbons (Fsp3) is 0.250. The third kappa shape index (κ3) is 7.27. The van der Waals surface area contributed by atoms with Crippen LogP contribution in [0, 0.1) is 0 Å². The maximum Gasteiger partial charge on any atom is 0.293 e. The van der Waals surface area contributed by atoms with Crippen molar-refractivity contribution in [3.8, 4) is 0 Å². The minimum Gasteiger partial charge on any atom is -0.468 e. The Balaban J connectivity index is 0.000000252. The number of pyridine rings is 1. The molecular weight excluding hydrogens is 236 g/mol. The fourth-order valence-corrected chi connectivity index (χ4v) is 0.879. The number of rotatable bonds is 2. The quantitative estimate of drug-likeness (QED) is 0.806. The normalized spacial score (nSPS) is 8.15. The summed E-state index contributed by atoms with van der Waals surface area (Å²) in [5.41, 5.74) is 6.05. The van der Waals surface area contributed by atoms with Crippen molar-refractivity contribution in [3.05, 3.63) is 22.9 Å². The van der Waals surface area contributed by atoms with Crippen LogP contribution in [0.3, 0.4) is 0 Å². The summed E-state index contributed by atoms with van der Waals surface area (Å²) in [4.78, 5) is 13.0. The molecule has 13 heavy (non-hydrogen) atoms. The highest BCUT2D eigenvalue weighted by atomic mass is 79.9. The van der Waals surface area contributed by atoms with Crippen molar-refractivity contribution < 1.29 is 9.53 Å². The van der Waals surface area contributed by atoms with Gasteiger partial charge in [0.25, 0.3) is 6.47 Å². The Morgan fingerprint density at radius 3 is 2.62 bits per heavy atom. The number of halogens is 1. The van der Waals surface area contributed by atoms with E-state index in [2.05, 4.69) is 25.7 Å². The summed E-state index contributed by atoms with van der Waals surface area (Å²) < 4.78 is 5.07. The Morgan fingerprint density at radius 2 is 2.38 bits per heavy atom. The van der Waals surface area contributed by atoms with E-state index in [9.17, 15) is 4.79 Å². The number of carbonyl (C=O) groups is 1. The maximum absolute atomic E-state index is 9.18. The lowest BCUT2D eigenvalue weighted by molar-refractivity contribution is -0.128. The van der Waals surface area contributed by atoms with Gasteiger partial charge in [-0.3, -0.25) is 9.78 Å². The predicted octanol–water partition coefficient (Wildman–Crippen LogP) is 1.61. The third-order valence-corrected chi connectivity index (χ3v) is 1.39. The molecule has 0 aliphatic rings. The third-order valence-electron chi connectivity index (χ3n) is 0.961. The van der Waals surface area contributed by atoms with Crippen molar-refractivity contribution in [2.24, 2.45) is 0 Å². The molecule has 0 radical (unpaired) electrons. The molecule has 0 saturated heterocycles. The first-order chi connectivity index (χ1) is 6.20. The van der Waals surface area contributed by atoms with Gasteiger partial charge in [0.1, 0.15) is 0 Å². The van der Waals surface area contributed by atoms with E-state index in [-0.39, 0.29) is 0 Å². The molecule has 5 heteroatoms. The van der Waals surface area contributed by atoms with Gasteiger partial charge >= 0.3 is 0 Å². The molecular formula is C8H11BrN2O2. The van der Waals surface area contributed by atoms with Gasteiger partial charge in [0, 0.05) is 16.9 Å². The molecule has 72 valence electrons. The zero-order valence-corrected chi connectivity index (χ0v) is 8.82. The number of aromatic nitrogens is 1. The molecule has 0 amide bonds. The summed E-state index contributed by atoms with van der Waals surface area (Å²) in [5.74, 6) is 0. The minimum absolute atomic E-state index is 0.431. The monoisotopic (exact) mass is 246 g/mol. The van der Waals surface area contributed by atoms with Crippen molar-refractivity contribution in [2.75, 3.05) is 12.3 Å². The second-order valence-electron chi connectivity index (χ2n) is 1.99. The summed E-state index contributed by atoms with van der Waals surface area (Å²) in [5, 5.41) is 0. The van der Waals surface area contributed by atoms with E-state index in [1.165, 1.54) is 0 Å². The van der Waals surface area contributed by atoms with E-state index < -0.39 is 0 Å². The molecule has 1 aromatic heterocycles. The van der Waals surface area contributed by atoms with E-state index in [0.717, 1.165) is 4.47 Å². The summed E-state index contributed by atoms with van der Waals surface area (Å²) in [6, 6.07) is 1.80. The second-order valence-corrected chi connectivity index (χ2v) is 2.90. The molecule has 0 fully saturated rings. The van der Waals surface area contributed by atoms with Gasteiger partial charge in [0.15, 0.2) is 0 Å². The van der Waals surface area contributed by atoms with Gasteiger partial charge < -0.3 is 10.5 Å². The molecule has 0 aliphatic carbocycles. The summed E-state index contributed by atoms with van der Waals surface area (Å²) >= 11 is 3.22. The van der Waals surface area contributed by atoms with Crippen LogP contribution in [0.25, 0.3) is 0 Å². The number of nitrogens with two attached hydrogens (primary N) is 1. The van der Waals surface area contributed by atoms with Gasteiger partial charge in [-0.2, -0.15) is 0 Å². The smallest absolute Gasteiger partial charge is 0.293 e. The van der Waals surface area contributed by atoms with Crippen molar-refractivity contribution in [1.29, 1.82) is 0 Å². The number of anilines is 1. The molecule has 4 nitrogen and oxygen atoms in total. The second kappa shape index (κ2) is 7.54. The Bertz CT molecular complexity index is 238. The number of nitrogens with zero attached hydrogens (tertiary/aromatic N) is 1. The van der Waals surface area contributed by atoms with Gasteiger partial charge in [-0.1, -0.05) is 0 Å². The van der Waals surface area contributed by atoms with Crippen LogP contribution in [-0.2, 0) is 9.53 Å².